The summed E-state index contributed by atoms with van der Waals surface area (Å²) in [5.41, 5.74) is 0.624. The highest BCUT2D eigenvalue weighted by Gasteiger charge is 2.17. The Kier molecular flexibility index (Phi) is 7.90. The van der Waals surface area contributed by atoms with Crippen LogP contribution in [-0.2, 0) is 4.79 Å². The smallest absolute Gasteiger partial charge is 0.303 e. The number of thiophene rings is 1. The third-order valence-electron chi connectivity index (χ3n) is 3.37. The number of hydrogen-bond acceptors (Lipinski definition) is 3. The third-order valence-corrected chi connectivity index (χ3v) is 5.71. The van der Waals surface area contributed by atoms with Crippen LogP contribution in [0.3, 0.4) is 0 Å². The van der Waals surface area contributed by atoms with Crippen molar-refractivity contribution in [3.05, 3.63) is 19.2 Å². The molecule has 1 amide bonds. The summed E-state index contributed by atoms with van der Waals surface area (Å²) in [6.07, 6.45) is 1.62. The average Bonchev–Trinajstić information content (AvgIpc) is 2.71. The summed E-state index contributed by atoms with van der Waals surface area (Å²) >= 11 is 8.17. The maximum atomic E-state index is 12.0. The normalized spacial score (nSPS) is 12.4. The van der Waals surface area contributed by atoms with Crippen LogP contribution in [0.15, 0.2) is 13.6 Å². The van der Waals surface area contributed by atoms with Crippen LogP contribution in [0.25, 0.3) is 0 Å². The lowest BCUT2D eigenvalue weighted by Crippen LogP contribution is -2.27. The number of aliphatic carboxylic acids is 1. The molecule has 21 heavy (non-hydrogen) atoms. The fourth-order valence-electron chi connectivity index (χ4n) is 2.08. The monoisotopic (exact) mass is 439 g/mol. The molecule has 0 saturated carbocycles. The van der Waals surface area contributed by atoms with E-state index in [2.05, 4.69) is 51.0 Å². The van der Waals surface area contributed by atoms with E-state index in [4.69, 9.17) is 5.11 Å². The quantitative estimate of drug-likeness (QED) is 0.623. The summed E-state index contributed by atoms with van der Waals surface area (Å²) in [7, 11) is 0. The third kappa shape index (κ3) is 6.48. The molecule has 4 nitrogen and oxygen atoms in total. The van der Waals surface area contributed by atoms with Gasteiger partial charge in [-0.1, -0.05) is 13.8 Å². The van der Waals surface area contributed by atoms with Crippen molar-refractivity contribution in [2.75, 3.05) is 6.54 Å². The molecule has 0 radical (unpaired) electrons. The van der Waals surface area contributed by atoms with Gasteiger partial charge in [0.15, 0.2) is 0 Å². The van der Waals surface area contributed by atoms with E-state index in [1.54, 1.807) is 6.07 Å². The van der Waals surface area contributed by atoms with Crippen molar-refractivity contribution in [1.29, 1.82) is 0 Å². The van der Waals surface area contributed by atoms with Crippen LogP contribution in [-0.4, -0.2) is 23.5 Å². The molecule has 1 unspecified atom stereocenters. The van der Waals surface area contributed by atoms with E-state index < -0.39 is 5.97 Å². The molecule has 1 aromatic rings. The number of nitrogens with one attached hydrogen (secondary N) is 1. The van der Waals surface area contributed by atoms with Gasteiger partial charge in [-0.2, -0.15) is 0 Å². The Labute approximate surface area is 145 Å². The van der Waals surface area contributed by atoms with E-state index in [1.165, 1.54) is 11.3 Å². The van der Waals surface area contributed by atoms with E-state index in [0.29, 0.717) is 30.4 Å². The zero-order valence-corrected chi connectivity index (χ0v) is 16.0. The molecule has 1 rings (SSSR count). The van der Waals surface area contributed by atoms with Gasteiger partial charge in [0, 0.05) is 13.0 Å². The number of carboxylic acids is 1. The summed E-state index contributed by atoms with van der Waals surface area (Å²) < 4.78 is 1.71. The number of hydrogen-bond donors (Lipinski definition) is 2. The van der Waals surface area contributed by atoms with Crippen molar-refractivity contribution < 1.29 is 14.7 Å². The highest BCUT2D eigenvalue weighted by molar-refractivity contribution is 9.12. The molecular formula is C14H19Br2NO3S. The first-order valence-corrected chi connectivity index (χ1v) is 9.16. The molecule has 1 heterocycles. The second-order valence-electron chi connectivity index (χ2n) is 5.22. The van der Waals surface area contributed by atoms with Gasteiger partial charge in [-0.3, -0.25) is 9.59 Å². The van der Waals surface area contributed by atoms with Gasteiger partial charge in [0.05, 0.1) is 13.1 Å². The molecule has 0 aliphatic carbocycles. The number of halogens is 2. The van der Waals surface area contributed by atoms with E-state index in [0.717, 1.165) is 14.0 Å². The van der Waals surface area contributed by atoms with Gasteiger partial charge in [-0.15, -0.1) is 11.3 Å². The van der Waals surface area contributed by atoms with Crippen LogP contribution in [0.1, 0.15) is 43.5 Å². The molecule has 0 aliphatic rings. The lowest BCUT2D eigenvalue weighted by atomic mass is 9.88. The summed E-state index contributed by atoms with van der Waals surface area (Å²) in [6.45, 7) is 4.73. The molecular weight excluding hydrogens is 422 g/mol. The van der Waals surface area contributed by atoms with Gasteiger partial charge in [0.25, 0.3) is 5.91 Å². The molecule has 118 valence electrons. The van der Waals surface area contributed by atoms with Crippen LogP contribution >= 0.6 is 43.2 Å². The van der Waals surface area contributed by atoms with Crippen molar-refractivity contribution in [2.45, 2.75) is 33.1 Å². The second kappa shape index (κ2) is 8.90. The van der Waals surface area contributed by atoms with Crippen LogP contribution in [0.2, 0.25) is 0 Å². The Morgan fingerprint density at radius 3 is 2.48 bits per heavy atom. The molecule has 0 fully saturated rings. The van der Waals surface area contributed by atoms with Gasteiger partial charge in [-0.25, -0.2) is 0 Å². The summed E-state index contributed by atoms with van der Waals surface area (Å²) in [6, 6.07) is 1.79. The molecule has 1 aromatic heterocycles. The first-order chi connectivity index (χ1) is 9.81. The van der Waals surface area contributed by atoms with Gasteiger partial charge in [0.1, 0.15) is 0 Å². The zero-order chi connectivity index (χ0) is 16.0. The van der Waals surface area contributed by atoms with Crippen molar-refractivity contribution in [1.82, 2.24) is 5.32 Å². The number of carbonyl (C=O) groups excluding carboxylic acids is 1. The summed E-state index contributed by atoms with van der Waals surface area (Å²) in [5.74, 6) is -0.163. The average molecular weight is 441 g/mol. The van der Waals surface area contributed by atoms with Crippen LogP contribution in [0.5, 0.6) is 0 Å². The maximum absolute atomic E-state index is 12.0. The highest BCUT2D eigenvalue weighted by Crippen LogP contribution is 2.31. The predicted octanol–water partition coefficient (Wildman–Crippen LogP) is 4.53. The topological polar surface area (TPSA) is 66.4 Å². The second-order valence-corrected chi connectivity index (χ2v) is 8.97. The van der Waals surface area contributed by atoms with Crippen LogP contribution in [0.4, 0.5) is 0 Å². The van der Waals surface area contributed by atoms with Gasteiger partial charge < -0.3 is 10.4 Å². The van der Waals surface area contributed by atoms with Crippen molar-refractivity contribution in [3.63, 3.8) is 0 Å². The Morgan fingerprint density at radius 2 is 2.00 bits per heavy atom. The fraction of sp³-hybridized carbons (Fsp3) is 0.571. The number of carboxylic acid groups (broad SMARTS) is 1. The predicted molar refractivity (Wildman–Crippen MR) is 91.9 cm³/mol. The molecule has 0 spiro atoms. The van der Waals surface area contributed by atoms with Crippen LogP contribution in [0, 0.1) is 11.8 Å². The van der Waals surface area contributed by atoms with E-state index in [9.17, 15) is 9.59 Å². The first kappa shape index (κ1) is 18.6. The van der Waals surface area contributed by atoms with E-state index in [-0.39, 0.29) is 12.3 Å². The highest BCUT2D eigenvalue weighted by atomic mass is 79.9. The van der Waals surface area contributed by atoms with Gasteiger partial charge in [0.2, 0.25) is 0 Å². The van der Waals surface area contributed by atoms with Crippen LogP contribution < -0.4 is 5.32 Å². The van der Waals surface area contributed by atoms with E-state index >= 15 is 0 Å². The van der Waals surface area contributed by atoms with Gasteiger partial charge in [-0.05, 0) is 62.6 Å². The fourth-order valence-corrected chi connectivity index (χ4v) is 4.87. The van der Waals surface area contributed by atoms with E-state index in [1.807, 2.05) is 0 Å². The largest absolute Gasteiger partial charge is 0.481 e. The lowest BCUT2D eigenvalue weighted by Gasteiger charge is -2.20. The Balaban J connectivity index is 2.44. The molecule has 7 heteroatoms. The molecule has 0 saturated heterocycles. The standard InChI is InChI=1S/C14H19Br2NO3S/c1-8(2)9(3-4-12(18)19)5-6-17-14(20)10-7-11(15)21-13(10)16/h7-9H,3-6H2,1-2H3,(H,17,20)(H,18,19). The number of carbonyl (C=O) groups is 2. The Bertz CT molecular complexity index is 502. The number of rotatable bonds is 8. The Morgan fingerprint density at radius 1 is 1.33 bits per heavy atom. The van der Waals surface area contributed by atoms with Crippen molar-refractivity contribution in [3.8, 4) is 0 Å². The van der Waals surface area contributed by atoms with Crippen molar-refractivity contribution >= 4 is 55.1 Å². The summed E-state index contributed by atoms with van der Waals surface area (Å²) in [4.78, 5) is 22.7. The lowest BCUT2D eigenvalue weighted by molar-refractivity contribution is -0.137. The maximum Gasteiger partial charge on any atom is 0.303 e. The SMILES string of the molecule is CC(C)C(CCNC(=O)c1cc(Br)sc1Br)CCC(=O)O. The molecule has 0 aliphatic heterocycles. The van der Waals surface area contributed by atoms with Gasteiger partial charge >= 0.3 is 5.97 Å². The number of amides is 1. The molecule has 1 atom stereocenters. The molecule has 0 aromatic carbocycles. The minimum Gasteiger partial charge on any atom is -0.481 e. The van der Waals surface area contributed by atoms with Crippen molar-refractivity contribution in [2.24, 2.45) is 11.8 Å². The minimum absolute atomic E-state index is 0.107. The zero-order valence-electron chi connectivity index (χ0n) is 12.0. The first-order valence-electron chi connectivity index (χ1n) is 6.76. The molecule has 2 N–H and O–H groups in total. The molecule has 0 bridgehead atoms. The summed E-state index contributed by atoms with van der Waals surface area (Å²) in [5, 5.41) is 11.7. The Hall–Kier alpha value is -0.400. The minimum atomic E-state index is -0.767.